The molecule has 0 radical (unpaired) electrons. The first-order valence-electron chi connectivity index (χ1n) is 8.34. The maximum atomic E-state index is 10.1. The van der Waals surface area contributed by atoms with Gasteiger partial charge in [-0.05, 0) is 31.4 Å². The summed E-state index contributed by atoms with van der Waals surface area (Å²) in [6, 6.07) is 10.5. The Morgan fingerprint density at radius 1 is 1.19 bits per heavy atom. The number of nitrogens with one attached hydrogen (secondary N) is 1. The molecule has 21 heavy (non-hydrogen) atoms. The fourth-order valence-electron chi connectivity index (χ4n) is 3.04. The number of hydrogen-bond donors (Lipinski definition) is 2. The van der Waals surface area contributed by atoms with Crippen LogP contribution in [0.4, 0.5) is 0 Å². The van der Waals surface area contributed by atoms with Crippen LogP contribution in [0.25, 0.3) is 0 Å². The Kier molecular flexibility index (Phi) is 7.08. The molecule has 118 valence electrons. The molecule has 2 N–H and O–H groups in total. The van der Waals surface area contributed by atoms with Gasteiger partial charge < -0.3 is 10.4 Å². The first kappa shape index (κ1) is 16.9. The Balaban J connectivity index is 2.06. The van der Waals surface area contributed by atoms with E-state index in [9.17, 15) is 5.11 Å². The zero-order chi connectivity index (χ0) is 15.0. The van der Waals surface area contributed by atoms with Gasteiger partial charge in [-0.1, -0.05) is 56.5 Å². The van der Waals surface area contributed by atoms with Crippen LogP contribution < -0.4 is 5.32 Å². The van der Waals surface area contributed by atoms with Gasteiger partial charge >= 0.3 is 0 Å². The SMILES string of the molecule is CCCNC(CO)(CSC1CCCCC1)c1ccccc1. The van der Waals surface area contributed by atoms with Crippen molar-refractivity contribution >= 4 is 11.8 Å². The van der Waals surface area contributed by atoms with E-state index in [1.54, 1.807) is 0 Å². The van der Waals surface area contributed by atoms with Gasteiger partial charge in [-0.15, -0.1) is 0 Å². The lowest BCUT2D eigenvalue weighted by atomic mass is 9.92. The van der Waals surface area contributed by atoms with Crippen LogP contribution in [0.1, 0.15) is 51.0 Å². The van der Waals surface area contributed by atoms with E-state index < -0.39 is 0 Å². The summed E-state index contributed by atoms with van der Waals surface area (Å²) in [5, 5.41) is 14.5. The van der Waals surface area contributed by atoms with Gasteiger partial charge in [-0.2, -0.15) is 11.8 Å². The number of aliphatic hydroxyl groups is 1. The third-order valence-corrected chi connectivity index (χ3v) is 6.03. The summed E-state index contributed by atoms with van der Waals surface area (Å²) >= 11 is 2.05. The molecule has 0 heterocycles. The topological polar surface area (TPSA) is 32.3 Å². The van der Waals surface area contributed by atoms with E-state index in [1.807, 2.05) is 6.07 Å². The largest absolute Gasteiger partial charge is 0.394 e. The van der Waals surface area contributed by atoms with E-state index in [0.717, 1.165) is 24.0 Å². The molecule has 0 aromatic heterocycles. The second kappa shape index (κ2) is 8.82. The molecule has 2 rings (SSSR count). The Morgan fingerprint density at radius 3 is 2.52 bits per heavy atom. The van der Waals surface area contributed by atoms with E-state index in [4.69, 9.17) is 0 Å². The summed E-state index contributed by atoms with van der Waals surface area (Å²) < 4.78 is 0. The normalized spacial score (nSPS) is 19.3. The Hall–Kier alpha value is -0.510. The predicted octanol–water partition coefficient (Wildman–Crippen LogP) is 3.94. The standard InChI is InChI=1S/C18H29NOS/c1-2-13-19-18(14-20,16-9-5-3-6-10-16)15-21-17-11-7-4-8-12-17/h3,5-6,9-10,17,19-20H,2,4,7-8,11-15H2,1H3. The molecule has 1 aliphatic carbocycles. The maximum Gasteiger partial charge on any atom is 0.0760 e. The van der Waals surface area contributed by atoms with E-state index >= 15 is 0 Å². The zero-order valence-electron chi connectivity index (χ0n) is 13.2. The van der Waals surface area contributed by atoms with Crippen molar-refractivity contribution in [2.45, 2.75) is 56.2 Å². The summed E-state index contributed by atoms with van der Waals surface area (Å²) in [6.07, 6.45) is 7.91. The molecule has 0 bridgehead atoms. The van der Waals surface area contributed by atoms with Gasteiger partial charge in [-0.3, -0.25) is 0 Å². The third kappa shape index (κ3) is 4.73. The molecule has 1 saturated carbocycles. The summed E-state index contributed by atoms with van der Waals surface area (Å²) in [5.74, 6) is 0.957. The highest BCUT2D eigenvalue weighted by atomic mass is 32.2. The van der Waals surface area contributed by atoms with Gasteiger partial charge in [0.25, 0.3) is 0 Å². The average molecular weight is 308 g/mol. The Morgan fingerprint density at radius 2 is 1.90 bits per heavy atom. The van der Waals surface area contributed by atoms with Crippen molar-refractivity contribution in [3.63, 3.8) is 0 Å². The van der Waals surface area contributed by atoms with Crippen LogP contribution in [0.3, 0.4) is 0 Å². The van der Waals surface area contributed by atoms with Crippen LogP contribution in [-0.4, -0.2) is 29.3 Å². The molecule has 0 aliphatic heterocycles. The molecule has 0 amide bonds. The number of thioether (sulfide) groups is 1. The number of benzene rings is 1. The van der Waals surface area contributed by atoms with Gasteiger partial charge in [0.1, 0.15) is 0 Å². The van der Waals surface area contributed by atoms with E-state index in [1.165, 1.54) is 37.7 Å². The van der Waals surface area contributed by atoms with Crippen molar-refractivity contribution in [2.24, 2.45) is 0 Å². The maximum absolute atomic E-state index is 10.1. The van der Waals surface area contributed by atoms with Gasteiger partial charge in [-0.25, -0.2) is 0 Å². The molecule has 1 aromatic rings. The summed E-state index contributed by atoms with van der Waals surface area (Å²) in [4.78, 5) is 0. The third-order valence-electron chi connectivity index (χ3n) is 4.43. The minimum absolute atomic E-state index is 0.163. The molecular formula is C18H29NOS. The summed E-state index contributed by atoms with van der Waals surface area (Å²) in [7, 11) is 0. The number of rotatable bonds is 8. The fourth-order valence-corrected chi connectivity index (χ4v) is 4.59. The second-order valence-corrected chi connectivity index (χ2v) is 7.39. The van der Waals surface area contributed by atoms with Crippen LogP contribution in [-0.2, 0) is 5.54 Å². The van der Waals surface area contributed by atoms with Crippen LogP contribution in [0, 0.1) is 0 Å². The van der Waals surface area contributed by atoms with Crippen molar-refractivity contribution in [1.29, 1.82) is 0 Å². The lowest BCUT2D eigenvalue weighted by Crippen LogP contribution is -2.48. The fraction of sp³-hybridized carbons (Fsp3) is 0.667. The van der Waals surface area contributed by atoms with Crippen molar-refractivity contribution in [2.75, 3.05) is 18.9 Å². The van der Waals surface area contributed by atoms with Gasteiger partial charge in [0, 0.05) is 11.0 Å². The molecule has 2 nitrogen and oxygen atoms in total. The summed E-state index contributed by atoms with van der Waals surface area (Å²) in [6.45, 7) is 3.28. The molecule has 1 fully saturated rings. The molecule has 0 spiro atoms. The van der Waals surface area contributed by atoms with Gasteiger partial charge in [0.2, 0.25) is 0 Å². The quantitative estimate of drug-likeness (QED) is 0.763. The van der Waals surface area contributed by atoms with Crippen LogP contribution in [0.5, 0.6) is 0 Å². The van der Waals surface area contributed by atoms with Gasteiger partial charge in [0.05, 0.1) is 12.1 Å². The van der Waals surface area contributed by atoms with Gasteiger partial charge in [0.15, 0.2) is 0 Å². The summed E-state index contributed by atoms with van der Waals surface area (Å²) in [5.41, 5.74) is 0.920. The molecule has 3 heteroatoms. The van der Waals surface area contributed by atoms with E-state index in [0.29, 0.717) is 0 Å². The number of hydrogen-bond acceptors (Lipinski definition) is 3. The number of aliphatic hydroxyl groups excluding tert-OH is 1. The minimum atomic E-state index is -0.292. The monoisotopic (exact) mass is 307 g/mol. The minimum Gasteiger partial charge on any atom is -0.394 e. The first-order valence-corrected chi connectivity index (χ1v) is 9.38. The first-order chi connectivity index (χ1) is 10.3. The molecule has 1 unspecified atom stereocenters. The van der Waals surface area contributed by atoms with Crippen molar-refractivity contribution in [1.82, 2.24) is 5.32 Å². The molecule has 1 aliphatic rings. The van der Waals surface area contributed by atoms with Crippen molar-refractivity contribution < 1.29 is 5.11 Å². The smallest absolute Gasteiger partial charge is 0.0760 e. The molecule has 0 saturated heterocycles. The molecule has 1 aromatic carbocycles. The van der Waals surface area contributed by atoms with Crippen LogP contribution in [0.15, 0.2) is 30.3 Å². The average Bonchev–Trinajstić information content (AvgIpc) is 2.57. The zero-order valence-corrected chi connectivity index (χ0v) is 14.0. The Bertz CT molecular complexity index is 391. The van der Waals surface area contributed by atoms with Crippen LogP contribution in [0.2, 0.25) is 0 Å². The predicted molar refractivity (Wildman–Crippen MR) is 92.8 cm³/mol. The van der Waals surface area contributed by atoms with E-state index in [-0.39, 0.29) is 12.1 Å². The van der Waals surface area contributed by atoms with Crippen molar-refractivity contribution in [3.05, 3.63) is 35.9 Å². The lowest BCUT2D eigenvalue weighted by molar-refractivity contribution is 0.179. The van der Waals surface area contributed by atoms with E-state index in [2.05, 4.69) is 48.3 Å². The van der Waals surface area contributed by atoms with Crippen molar-refractivity contribution in [3.8, 4) is 0 Å². The highest BCUT2D eigenvalue weighted by Gasteiger charge is 2.32. The Labute approximate surface area is 133 Å². The second-order valence-electron chi connectivity index (χ2n) is 6.10. The highest BCUT2D eigenvalue weighted by Crippen LogP contribution is 2.33. The van der Waals surface area contributed by atoms with Crippen LogP contribution >= 0.6 is 11.8 Å². The lowest BCUT2D eigenvalue weighted by Gasteiger charge is -2.35. The molecular weight excluding hydrogens is 278 g/mol. The molecule has 1 atom stereocenters. The highest BCUT2D eigenvalue weighted by molar-refractivity contribution is 7.99.